The van der Waals surface area contributed by atoms with Crippen molar-refractivity contribution in [3.8, 4) is 0 Å². The van der Waals surface area contributed by atoms with E-state index in [9.17, 15) is 8.78 Å². The summed E-state index contributed by atoms with van der Waals surface area (Å²) in [5.74, 6) is -0.583. The fraction of sp³-hybridized carbons (Fsp3) is 0.143. The molecule has 4 aromatic rings. The monoisotopic (exact) mass is 482 g/mol. The third-order valence-corrected chi connectivity index (χ3v) is 5.92. The molecule has 0 unspecified atom stereocenters. The van der Waals surface area contributed by atoms with Crippen LogP contribution in [0.4, 0.5) is 42.9 Å². The summed E-state index contributed by atoms with van der Waals surface area (Å²) < 4.78 is 26.0. The van der Waals surface area contributed by atoms with E-state index in [-0.39, 0.29) is 11.6 Å². The minimum absolute atomic E-state index is 0.291. The Labute approximate surface area is 208 Å². The number of hydrogen-bond acceptors (Lipinski definition) is 6. The molecule has 0 spiro atoms. The van der Waals surface area contributed by atoms with Gasteiger partial charge in [0.15, 0.2) is 0 Å². The highest BCUT2D eigenvalue weighted by atomic mass is 19.1. The molecule has 0 saturated carbocycles. The van der Waals surface area contributed by atoms with E-state index in [1.807, 2.05) is 24.3 Å². The van der Waals surface area contributed by atoms with E-state index in [1.165, 1.54) is 24.3 Å². The summed E-state index contributed by atoms with van der Waals surface area (Å²) in [6, 6.07) is 27.8. The molecule has 4 aromatic carbocycles. The molecular formula is C28H24F2N6. The fourth-order valence-corrected chi connectivity index (χ4v) is 3.93. The lowest BCUT2D eigenvalue weighted by Crippen LogP contribution is -2.46. The van der Waals surface area contributed by atoms with Crippen molar-refractivity contribution in [2.24, 2.45) is 20.5 Å². The summed E-state index contributed by atoms with van der Waals surface area (Å²) in [4.78, 5) is 4.70. The summed E-state index contributed by atoms with van der Waals surface area (Å²) in [5.41, 5.74) is 5.01. The second-order valence-electron chi connectivity index (χ2n) is 8.36. The van der Waals surface area contributed by atoms with Crippen LogP contribution >= 0.6 is 0 Å². The van der Waals surface area contributed by atoms with Gasteiger partial charge in [0, 0.05) is 37.6 Å². The van der Waals surface area contributed by atoms with E-state index >= 15 is 0 Å². The molecule has 180 valence electrons. The van der Waals surface area contributed by atoms with Gasteiger partial charge in [0.2, 0.25) is 0 Å². The number of piperazine rings is 1. The molecule has 1 aliphatic heterocycles. The number of halogens is 2. The average molecular weight is 483 g/mol. The molecule has 1 heterocycles. The molecule has 0 bridgehead atoms. The zero-order valence-electron chi connectivity index (χ0n) is 19.5. The Balaban J connectivity index is 1.14. The van der Waals surface area contributed by atoms with Crippen LogP contribution in [-0.4, -0.2) is 26.2 Å². The van der Waals surface area contributed by atoms with Gasteiger partial charge in [-0.25, -0.2) is 8.78 Å². The number of azo groups is 2. The van der Waals surface area contributed by atoms with E-state index in [0.29, 0.717) is 11.4 Å². The van der Waals surface area contributed by atoms with Crippen molar-refractivity contribution in [1.29, 1.82) is 0 Å². The molecule has 5 rings (SSSR count). The molecule has 0 N–H and O–H groups in total. The van der Waals surface area contributed by atoms with Gasteiger partial charge in [-0.2, -0.15) is 20.5 Å². The lowest BCUT2D eigenvalue weighted by molar-refractivity contribution is 0.627. The second-order valence-corrected chi connectivity index (χ2v) is 8.36. The van der Waals surface area contributed by atoms with Crippen molar-refractivity contribution in [2.45, 2.75) is 0 Å². The molecule has 1 saturated heterocycles. The van der Waals surface area contributed by atoms with E-state index in [1.54, 1.807) is 24.3 Å². The molecular weight excluding hydrogens is 458 g/mol. The fourth-order valence-electron chi connectivity index (χ4n) is 3.93. The Kier molecular flexibility index (Phi) is 7.02. The van der Waals surface area contributed by atoms with Gasteiger partial charge in [-0.05, 0) is 97.1 Å². The third-order valence-electron chi connectivity index (χ3n) is 5.92. The molecule has 0 aromatic heterocycles. The normalized spacial score (nSPS) is 14.2. The highest BCUT2D eigenvalue weighted by Crippen LogP contribution is 2.26. The maximum Gasteiger partial charge on any atom is 0.123 e. The van der Waals surface area contributed by atoms with Crippen LogP contribution in [-0.2, 0) is 0 Å². The molecule has 1 fully saturated rings. The Morgan fingerprint density at radius 1 is 0.389 bits per heavy atom. The van der Waals surface area contributed by atoms with E-state index < -0.39 is 0 Å². The molecule has 0 amide bonds. The Hall–Kier alpha value is -4.46. The van der Waals surface area contributed by atoms with Crippen molar-refractivity contribution in [3.63, 3.8) is 0 Å². The van der Waals surface area contributed by atoms with Gasteiger partial charge in [0.05, 0.1) is 22.7 Å². The van der Waals surface area contributed by atoms with Gasteiger partial charge >= 0.3 is 0 Å². The quantitative estimate of drug-likeness (QED) is 0.261. The molecule has 1 aliphatic rings. The van der Waals surface area contributed by atoms with E-state index in [4.69, 9.17) is 0 Å². The predicted octanol–water partition coefficient (Wildman–Crippen LogP) is 8.12. The van der Waals surface area contributed by atoms with Crippen LogP contribution < -0.4 is 9.80 Å². The minimum Gasteiger partial charge on any atom is -0.368 e. The number of rotatable bonds is 6. The van der Waals surface area contributed by atoms with E-state index in [2.05, 4.69) is 54.5 Å². The zero-order chi connectivity index (χ0) is 24.7. The maximum atomic E-state index is 13.0. The second kappa shape index (κ2) is 10.9. The summed E-state index contributed by atoms with van der Waals surface area (Å²) in [7, 11) is 0. The maximum absolute atomic E-state index is 13.0. The first-order valence-corrected chi connectivity index (χ1v) is 11.7. The van der Waals surface area contributed by atoms with Crippen molar-refractivity contribution in [1.82, 2.24) is 0 Å². The van der Waals surface area contributed by atoms with Crippen LogP contribution in [0.2, 0.25) is 0 Å². The summed E-state index contributed by atoms with van der Waals surface area (Å²) >= 11 is 0. The number of hydrogen-bond donors (Lipinski definition) is 0. The van der Waals surface area contributed by atoms with Crippen molar-refractivity contribution >= 4 is 34.1 Å². The predicted molar refractivity (Wildman–Crippen MR) is 138 cm³/mol. The van der Waals surface area contributed by atoms with Crippen LogP contribution in [0.1, 0.15) is 0 Å². The molecule has 36 heavy (non-hydrogen) atoms. The number of benzene rings is 4. The van der Waals surface area contributed by atoms with Gasteiger partial charge < -0.3 is 9.80 Å². The van der Waals surface area contributed by atoms with Crippen molar-refractivity contribution < 1.29 is 8.78 Å². The average Bonchev–Trinajstić information content (AvgIpc) is 2.93. The molecule has 0 atom stereocenters. The first-order chi connectivity index (χ1) is 17.6. The lowest BCUT2D eigenvalue weighted by Gasteiger charge is -2.37. The van der Waals surface area contributed by atoms with Crippen LogP contribution in [0.5, 0.6) is 0 Å². The number of nitrogens with zero attached hydrogens (tertiary/aromatic N) is 6. The van der Waals surface area contributed by atoms with Crippen LogP contribution in [0.15, 0.2) is 118 Å². The Morgan fingerprint density at radius 3 is 0.917 bits per heavy atom. The first-order valence-electron chi connectivity index (χ1n) is 11.7. The molecule has 8 heteroatoms. The van der Waals surface area contributed by atoms with Gasteiger partial charge in [0.1, 0.15) is 11.6 Å². The standard InChI is InChI=1S/C28H24F2N6/c29-21-1-5-23(6-2-21)31-33-25-9-13-27(14-10-25)35-17-19-36(20-18-35)28-15-11-26(12-16-28)34-32-24-7-3-22(30)4-8-24/h1-16H,17-20H2/b33-31+,34-32+. The van der Waals surface area contributed by atoms with Crippen molar-refractivity contribution in [2.75, 3.05) is 36.0 Å². The highest BCUT2D eigenvalue weighted by Gasteiger charge is 2.17. The largest absolute Gasteiger partial charge is 0.368 e. The highest BCUT2D eigenvalue weighted by molar-refractivity contribution is 5.57. The zero-order valence-corrected chi connectivity index (χ0v) is 19.5. The summed E-state index contributed by atoms with van der Waals surface area (Å²) in [6.45, 7) is 3.62. The van der Waals surface area contributed by atoms with Gasteiger partial charge in [-0.3, -0.25) is 0 Å². The van der Waals surface area contributed by atoms with Crippen LogP contribution in [0, 0.1) is 11.6 Å². The minimum atomic E-state index is -0.291. The summed E-state index contributed by atoms with van der Waals surface area (Å²) in [5, 5.41) is 16.8. The Bertz CT molecular complexity index is 1220. The van der Waals surface area contributed by atoms with Gasteiger partial charge in [-0.15, -0.1) is 0 Å². The molecule has 6 nitrogen and oxygen atoms in total. The topological polar surface area (TPSA) is 55.9 Å². The van der Waals surface area contributed by atoms with Gasteiger partial charge in [-0.1, -0.05) is 0 Å². The van der Waals surface area contributed by atoms with Crippen LogP contribution in [0.25, 0.3) is 0 Å². The Morgan fingerprint density at radius 2 is 0.639 bits per heavy atom. The number of anilines is 2. The third kappa shape index (κ3) is 5.96. The smallest absolute Gasteiger partial charge is 0.123 e. The first kappa shape index (κ1) is 23.3. The van der Waals surface area contributed by atoms with E-state index in [0.717, 1.165) is 48.9 Å². The molecule has 0 radical (unpaired) electrons. The molecule has 0 aliphatic carbocycles. The lowest BCUT2D eigenvalue weighted by atomic mass is 10.2. The summed E-state index contributed by atoms with van der Waals surface area (Å²) in [6.07, 6.45) is 0. The van der Waals surface area contributed by atoms with Crippen molar-refractivity contribution in [3.05, 3.63) is 109 Å². The van der Waals surface area contributed by atoms with Crippen LogP contribution in [0.3, 0.4) is 0 Å². The van der Waals surface area contributed by atoms with Gasteiger partial charge in [0.25, 0.3) is 0 Å². The SMILES string of the molecule is Fc1ccc(/N=N/c2ccc(N3CCN(c4ccc(/N=N/c5ccc(F)cc5)cc4)CC3)cc2)cc1.